The average molecular weight is 463 g/mol. The van der Waals surface area contributed by atoms with E-state index >= 15 is 0 Å². The van der Waals surface area contributed by atoms with Crippen LogP contribution in [0.2, 0.25) is 0 Å². The normalized spacial score (nSPS) is 16.0. The molecule has 1 aromatic rings. The second-order valence-corrected chi connectivity index (χ2v) is 9.03. The van der Waals surface area contributed by atoms with Crippen LogP contribution in [0.5, 0.6) is 0 Å². The summed E-state index contributed by atoms with van der Waals surface area (Å²) >= 11 is 7.01. The van der Waals surface area contributed by atoms with Crippen molar-refractivity contribution >= 4 is 38.0 Å². The lowest BCUT2D eigenvalue weighted by Gasteiger charge is -2.32. The fraction of sp³-hybridized carbons (Fsp3) is 0.611. The van der Waals surface area contributed by atoms with Crippen molar-refractivity contribution in [3.63, 3.8) is 0 Å². The molecule has 0 bridgehead atoms. The summed E-state index contributed by atoms with van der Waals surface area (Å²) in [6.45, 7) is 8.46. The van der Waals surface area contributed by atoms with Gasteiger partial charge in [-0.15, -0.1) is 0 Å². The van der Waals surface area contributed by atoms with Gasteiger partial charge in [-0.25, -0.2) is 4.79 Å². The maximum atomic E-state index is 12.7. The molecule has 1 saturated heterocycles. The first-order valence-corrected chi connectivity index (χ1v) is 9.82. The van der Waals surface area contributed by atoms with Crippen LogP contribution in [-0.4, -0.2) is 36.4 Å². The molecule has 0 atom stereocenters. The summed E-state index contributed by atoms with van der Waals surface area (Å²) in [5, 5.41) is 0. The number of ether oxygens (including phenoxy) is 2. The smallest absolute Gasteiger partial charge is 0.410 e. The largest absolute Gasteiger partial charge is 0.444 e. The maximum Gasteiger partial charge on any atom is 0.410 e. The molecule has 1 aliphatic rings. The standard InChI is InChI=1S/C18H25Br2NO3/c1-18(2,3)24-17(22)21(11-13-4-6-23-7-5-13)12-14-8-15(19)10-16(20)9-14/h8-10,13H,4-7,11-12H2,1-3H3. The molecule has 0 aliphatic carbocycles. The average Bonchev–Trinajstić information content (AvgIpc) is 2.45. The first-order chi connectivity index (χ1) is 11.2. The van der Waals surface area contributed by atoms with Gasteiger partial charge in [0.15, 0.2) is 0 Å². The Morgan fingerprint density at radius 1 is 1.21 bits per heavy atom. The highest BCUT2D eigenvalue weighted by Gasteiger charge is 2.26. The Morgan fingerprint density at radius 2 is 1.79 bits per heavy atom. The Hall–Kier alpha value is -0.590. The molecule has 0 radical (unpaired) electrons. The Bertz CT molecular complexity index is 546. The van der Waals surface area contributed by atoms with Crippen LogP contribution >= 0.6 is 31.9 Å². The number of carbonyl (C=O) groups excluding carboxylic acids is 1. The summed E-state index contributed by atoms with van der Waals surface area (Å²) in [6, 6.07) is 6.05. The predicted molar refractivity (Wildman–Crippen MR) is 102 cm³/mol. The highest BCUT2D eigenvalue weighted by atomic mass is 79.9. The molecule has 4 nitrogen and oxygen atoms in total. The van der Waals surface area contributed by atoms with Gasteiger partial charge in [0.05, 0.1) is 0 Å². The molecular weight excluding hydrogens is 438 g/mol. The number of rotatable bonds is 4. The van der Waals surface area contributed by atoms with E-state index in [-0.39, 0.29) is 6.09 Å². The van der Waals surface area contributed by atoms with Crippen molar-refractivity contribution in [2.75, 3.05) is 19.8 Å². The second kappa shape index (κ2) is 8.68. The Morgan fingerprint density at radius 3 is 2.33 bits per heavy atom. The Labute approximate surface area is 161 Å². The third-order valence-corrected chi connectivity index (χ3v) is 4.68. The van der Waals surface area contributed by atoms with Crippen molar-refractivity contribution in [1.29, 1.82) is 0 Å². The number of amides is 1. The number of benzene rings is 1. The van der Waals surface area contributed by atoms with Crippen LogP contribution in [0.1, 0.15) is 39.2 Å². The van der Waals surface area contributed by atoms with E-state index in [0.717, 1.165) is 40.6 Å². The molecule has 0 spiro atoms. The molecule has 0 saturated carbocycles. The minimum atomic E-state index is -0.497. The zero-order valence-corrected chi connectivity index (χ0v) is 17.7. The Balaban J connectivity index is 2.12. The topological polar surface area (TPSA) is 38.8 Å². The lowest BCUT2D eigenvalue weighted by Crippen LogP contribution is -2.40. The monoisotopic (exact) mass is 461 g/mol. The van der Waals surface area contributed by atoms with Gasteiger partial charge in [-0.2, -0.15) is 0 Å². The molecule has 0 unspecified atom stereocenters. The molecule has 134 valence electrons. The quantitative estimate of drug-likeness (QED) is 0.603. The van der Waals surface area contributed by atoms with Crippen LogP contribution in [0.15, 0.2) is 27.1 Å². The fourth-order valence-corrected chi connectivity index (χ4v) is 4.08. The van der Waals surface area contributed by atoms with Gasteiger partial charge < -0.3 is 14.4 Å². The van der Waals surface area contributed by atoms with E-state index in [1.807, 2.05) is 43.9 Å². The van der Waals surface area contributed by atoms with Gasteiger partial charge in [0, 0.05) is 35.2 Å². The van der Waals surface area contributed by atoms with Crippen LogP contribution in [0.4, 0.5) is 4.79 Å². The molecule has 1 amide bonds. The third kappa shape index (κ3) is 6.73. The van der Waals surface area contributed by atoms with Crippen molar-refractivity contribution in [2.24, 2.45) is 5.92 Å². The lowest BCUT2D eigenvalue weighted by molar-refractivity contribution is 0.0104. The zero-order chi connectivity index (χ0) is 17.7. The summed E-state index contributed by atoms with van der Waals surface area (Å²) in [7, 11) is 0. The molecule has 6 heteroatoms. The first kappa shape index (κ1) is 19.7. The number of carbonyl (C=O) groups is 1. The second-order valence-electron chi connectivity index (χ2n) is 7.19. The molecule has 1 aromatic carbocycles. The lowest BCUT2D eigenvalue weighted by atomic mass is 9.99. The maximum absolute atomic E-state index is 12.7. The van der Waals surface area contributed by atoms with E-state index in [0.29, 0.717) is 19.0 Å². The van der Waals surface area contributed by atoms with E-state index in [4.69, 9.17) is 9.47 Å². The van der Waals surface area contributed by atoms with Crippen LogP contribution in [0, 0.1) is 5.92 Å². The van der Waals surface area contributed by atoms with Gasteiger partial charge in [-0.05, 0) is 63.3 Å². The fourth-order valence-electron chi connectivity index (χ4n) is 2.69. The van der Waals surface area contributed by atoms with Crippen LogP contribution in [-0.2, 0) is 16.0 Å². The van der Waals surface area contributed by atoms with Gasteiger partial charge in [-0.1, -0.05) is 31.9 Å². The molecule has 0 N–H and O–H groups in total. The van der Waals surface area contributed by atoms with Crippen molar-refractivity contribution in [3.05, 3.63) is 32.7 Å². The number of hydrogen-bond donors (Lipinski definition) is 0. The Kier molecular flexibility index (Phi) is 7.13. The molecular formula is C18H25Br2NO3. The van der Waals surface area contributed by atoms with Crippen molar-refractivity contribution in [3.8, 4) is 0 Å². The van der Waals surface area contributed by atoms with Gasteiger partial charge in [0.25, 0.3) is 0 Å². The van der Waals surface area contributed by atoms with Crippen LogP contribution in [0.3, 0.4) is 0 Å². The number of hydrogen-bond acceptors (Lipinski definition) is 3. The summed E-state index contributed by atoms with van der Waals surface area (Å²) < 4.78 is 13.0. The number of halogens is 2. The molecule has 1 aliphatic heterocycles. The first-order valence-electron chi connectivity index (χ1n) is 8.23. The summed E-state index contributed by atoms with van der Waals surface area (Å²) in [6.07, 6.45) is 1.72. The highest BCUT2D eigenvalue weighted by Crippen LogP contribution is 2.24. The molecule has 1 heterocycles. The number of nitrogens with zero attached hydrogens (tertiary/aromatic N) is 1. The minimum Gasteiger partial charge on any atom is -0.444 e. The summed E-state index contributed by atoms with van der Waals surface area (Å²) in [4.78, 5) is 14.5. The molecule has 24 heavy (non-hydrogen) atoms. The molecule has 2 rings (SSSR count). The summed E-state index contributed by atoms with van der Waals surface area (Å²) in [5.74, 6) is 0.460. The van der Waals surface area contributed by atoms with E-state index in [9.17, 15) is 4.79 Å². The van der Waals surface area contributed by atoms with Crippen LogP contribution in [0.25, 0.3) is 0 Å². The van der Waals surface area contributed by atoms with E-state index in [1.165, 1.54) is 0 Å². The van der Waals surface area contributed by atoms with Crippen molar-refractivity contribution in [2.45, 2.75) is 45.8 Å². The van der Waals surface area contributed by atoms with Crippen molar-refractivity contribution < 1.29 is 14.3 Å². The SMILES string of the molecule is CC(C)(C)OC(=O)N(Cc1cc(Br)cc(Br)c1)CC1CCOCC1. The highest BCUT2D eigenvalue weighted by molar-refractivity contribution is 9.11. The molecule has 1 fully saturated rings. The van der Waals surface area contributed by atoms with E-state index in [2.05, 4.69) is 31.9 Å². The van der Waals surface area contributed by atoms with Gasteiger partial charge >= 0.3 is 6.09 Å². The molecule has 0 aromatic heterocycles. The van der Waals surface area contributed by atoms with Crippen molar-refractivity contribution in [1.82, 2.24) is 4.90 Å². The van der Waals surface area contributed by atoms with Gasteiger partial charge in [0.2, 0.25) is 0 Å². The van der Waals surface area contributed by atoms with Crippen LogP contribution < -0.4 is 0 Å². The summed E-state index contributed by atoms with van der Waals surface area (Å²) in [5.41, 5.74) is 0.567. The zero-order valence-electron chi connectivity index (χ0n) is 14.5. The van der Waals surface area contributed by atoms with Gasteiger partial charge in [0.1, 0.15) is 5.60 Å². The van der Waals surface area contributed by atoms with E-state index < -0.39 is 5.60 Å². The van der Waals surface area contributed by atoms with E-state index in [1.54, 1.807) is 0 Å². The minimum absolute atomic E-state index is 0.259. The third-order valence-electron chi connectivity index (χ3n) is 3.77. The predicted octanol–water partition coefficient (Wildman–Crippen LogP) is 5.38. The van der Waals surface area contributed by atoms with Gasteiger partial charge in [-0.3, -0.25) is 0 Å².